The highest BCUT2D eigenvalue weighted by Gasteiger charge is 2.40. The number of hydrogen-bond acceptors (Lipinski definition) is 8. The van der Waals surface area contributed by atoms with E-state index in [1.165, 1.54) is 24.5 Å². The van der Waals surface area contributed by atoms with E-state index in [2.05, 4.69) is 20.0 Å². The SMILES string of the molecule is COC(=O)C1=C(C2CCC(S(=O)(=O)NC(C)C)CC2)NC(c2nccs2)=NC1c1ccc(F)c(F)c1Cl. The molecule has 1 aliphatic carbocycles. The number of halogens is 3. The molecule has 1 aromatic carbocycles. The maximum absolute atomic E-state index is 14.4. The third kappa shape index (κ3) is 5.71. The Balaban J connectivity index is 1.77. The van der Waals surface area contributed by atoms with Gasteiger partial charge in [-0.3, -0.25) is 4.99 Å². The first kappa shape index (κ1) is 27.6. The molecule has 0 saturated heterocycles. The zero-order chi connectivity index (χ0) is 26.9. The highest BCUT2D eigenvalue weighted by Crippen LogP contribution is 2.42. The Hall–Kier alpha value is -2.41. The summed E-state index contributed by atoms with van der Waals surface area (Å²) in [4.78, 5) is 22.0. The van der Waals surface area contributed by atoms with Crippen molar-refractivity contribution in [1.29, 1.82) is 0 Å². The lowest BCUT2D eigenvalue weighted by molar-refractivity contribution is -0.136. The maximum Gasteiger partial charge on any atom is 0.338 e. The molecule has 1 atom stereocenters. The van der Waals surface area contributed by atoms with Gasteiger partial charge < -0.3 is 10.1 Å². The highest BCUT2D eigenvalue weighted by molar-refractivity contribution is 7.90. The number of esters is 1. The van der Waals surface area contributed by atoms with Crippen molar-refractivity contribution in [2.75, 3.05) is 7.11 Å². The van der Waals surface area contributed by atoms with Crippen molar-refractivity contribution in [3.8, 4) is 0 Å². The Kier molecular flexibility index (Phi) is 8.32. The minimum absolute atomic E-state index is 0.103. The van der Waals surface area contributed by atoms with Gasteiger partial charge in [0.2, 0.25) is 10.0 Å². The van der Waals surface area contributed by atoms with Crippen molar-refractivity contribution < 1.29 is 26.7 Å². The van der Waals surface area contributed by atoms with Crippen molar-refractivity contribution in [2.45, 2.75) is 56.9 Å². The quantitative estimate of drug-likeness (QED) is 0.374. The summed E-state index contributed by atoms with van der Waals surface area (Å²) >= 11 is 7.51. The molecule has 1 aromatic heterocycles. The fourth-order valence-corrected chi connectivity index (χ4v) is 7.32. The van der Waals surface area contributed by atoms with Gasteiger partial charge in [0.1, 0.15) is 6.04 Å². The summed E-state index contributed by atoms with van der Waals surface area (Å²) in [6, 6.07) is 0.925. The lowest BCUT2D eigenvalue weighted by Crippen LogP contribution is -2.42. The molecule has 8 nitrogen and oxygen atoms in total. The second-order valence-corrected chi connectivity index (χ2v) is 12.5. The second kappa shape index (κ2) is 11.1. The van der Waals surface area contributed by atoms with Gasteiger partial charge in [-0.2, -0.15) is 0 Å². The topological polar surface area (TPSA) is 110 Å². The van der Waals surface area contributed by atoms with E-state index in [0.29, 0.717) is 42.2 Å². The summed E-state index contributed by atoms with van der Waals surface area (Å²) in [5.74, 6) is -2.95. The highest BCUT2D eigenvalue weighted by atomic mass is 35.5. The van der Waals surface area contributed by atoms with Crippen molar-refractivity contribution in [3.63, 3.8) is 0 Å². The number of methoxy groups -OCH3 is 1. The zero-order valence-corrected chi connectivity index (χ0v) is 22.8. The smallest absolute Gasteiger partial charge is 0.338 e. The Labute approximate surface area is 223 Å². The van der Waals surface area contributed by atoms with Gasteiger partial charge in [0.05, 0.1) is 23.0 Å². The molecule has 0 amide bonds. The van der Waals surface area contributed by atoms with Crippen LogP contribution in [0.25, 0.3) is 0 Å². The number of allylic oxidation sites excluding steroid dienone is 1. The molecular formula is C24H27ClF2N4O4S2. The average Bonchev–Trinajstić information content (AvgIpc) is 3.41. The monoisotopic (exact) mass is 572 g/mol. The molecule has 0 bridgehead atoms. The van der Waals surface area contributed by atoms with Gasteiger partial charge in [-0.1, -0.05) is 17.7 Å². The first-order valence-corrected chi connectivity index (χ1v) is 14.6. The molecule has 2 heterocycles. The molecule has 13 heteroatoms. The number of amidine groups is 1. The third-order valence-electron chi connectivity index (χ3n) is 6.40. The van der Waals surface area contributed by atoms with E-state index in [9.17, 15) is 22.0 Å². The van der Waals surface area contributed by atoms with Crippen LogP contribution in [0, 0.1) is 17.6 Å². The molecule has 2 aromatic rings. The molecule has 37 heavy (non-hydrogen) atoms. The van der Waals surface area contributed by atoms with Crippen LogP contribution >= 0.6 is 22.9 Å². The average molecular weight is 573 g/mol. The molecule has 4 rings (SSSR count). The molecule has 0 spiro atoms. The Morgan fingerprint density at radius 2 is 1.95 bits per heavy atom. The number of nitrogens with zero attached hydrogens (tertiary/aromatic N) is 2. The predicted octanol–water partition coefficient (Wildman–Crippen LogP) is 4.48. The number of aliphatic imine (C=N–C) groups is 1. The van der Waals surface area contributed by atoms with Crippen LogP contribution in [0.3, 0.4) is 0 Å². The fraction of sp³-hybridized carbons (Fsp3) is 0.458. The lowest BCUT2D eigenvalue weighted by atomic mass is 9.82. The molecule has 1 saturated carbocycles. The van der Waals surface area contributed by atoms with E-state index >= 15 is 0 Å². The second-order valence-electron chi connectivity index (χ2n) is 9.22. The minimum Gasteiger partial charge on any atom is -0.466 e. The molecule has 200 valence electrons. The van der Waals surface area contributed by atoms with Crippen LogP contribution in [0.15, 0.2) is 40.0 Å². The summed E-state index contributed by atoms with van der Waals surface area (Å²) in [6.07, 6.45) is 3.30. The Bertz CT molecular complexity index is 1340. The van der Waals surface area contributed by atoms with Crippen LogP contribution in [-0.4, -0.2) is 43.6 Å². The molecule has 2 N–H and O–H groups in total. The van der Waals surface area contributed by atoms with Gasteiger partial charge in [0.25, 0.3) is 0 Å². The fourth-order valence-electron chi connectivity index (χ4n) is 4.73. The van der Waals surface area contributed by atoms with E-state index < -0.39 is 43.9 Å². The van der Waals surface area contributed by atoms with Gasteiger partial charge >= 0.3 is 5.97 Å². The van der Waals surface area contributed by atoms with Gasteiger partial charge in [0, 0.05) is 28.9 Å². The van der Waals surface area contributed by atoms with Crippen molar-refractivity contribution in [1.82, 2.24) is 15.0 Å². The van der Waals surface area contributed by atoms with Gasteiger partial charge in [-0.25, -0.2) is 31.7 Å². The summed E-state index contributed by atoms with van der Waals surface area (Å²) in [5.41, 5.74) is 0.708. The van der Waals surface area contributed by atoms with Crippen LogP contribution in [0.2, 0.25) is 5.02 Å². The Morgan fingerprint density at radius 1 is 1.24 bits per heavy atom. The van der Waals surface area contributed by atoms with E-state index in [1.54, 1.807) is 25.4 Å². The summed E-state index contributed by atoms with van der Waals surface area (Å²) in [6.45, 7) is 3.54. The first-order chi connectivity index (χ1) is 17.5. The number of benzene rings is 1. The van der Waals surface area contributed by atoms with E-state index in [1.807, 2.05) is 0 Å². The Morgan fingerprint density at radius 3 is 2.54 bits per heavy atom. The lowest BCUT2D eigenvalue weighted by Gasteiger charge is -2.35. The van der Waals surface area contributed by atoms with E-state index in [4.69, 9.17) is 16.3 Å². The summed E-state index contributed by atoms with van der Waals surface area (Å²) < 4.78 is 61.5. The number of rotatable bonds is 7. The van der Waals surface area contributed by atoms with Crippen LogP contribution in [0.1, 0.15) is 56.1 Å². The number of aromatic nitrogens is 1. The van der Waals surface area contributed by atoms with Crippen molar-refractivity contribution >= 4 is 44.8 Å². The summed E-state index contributed by atoms with van der Waals surface area (Å²) in [7, 11) is -2.27. The predicted molar refractivity (Wildman–Crippen MR) is 138 cm³/mol. The van der Waals surface area contributed by atoms with Gasteiger partial charge in [0.15, 0.2) is 22.5 Å². The zero-order valence-electron chi connectivity index (χ0n) is 20.4. The third-order valence-corrected chi connectivity index (χ3v) is 9.71. The maximum atomic E-state index is 14.4. The van der Waals surface area contributed by atoms with Gasteiger partial charge in [-0.15, -0.1) is 11.3 Å². The number of sulfonamides is 1. The molecule has 2 aliphatic rings. The number of thiazole rings is 1. The standard InChI is InChI=1S/C24H27ClF2N4O4S2/c1-12(2)31-37(33,34)14-6-4-13(5-7-14)20-17(24(32)35-3)21(15-8-9-16(26)19(27)18(15)25)30-22(29-20)23-28-10-11-36-23/h8-14,21,31H,4-7H2,1-3H3,(H,29,30). The van der Waals surface area contributed by atoms with E-state index in [0.717, 1.165) is 6.07 Å². The molecule has 0 radical (unpaired) electrons. The number of ether oxygens (including phenoxy) is 1. The molecule has 1 aliphatic heterocycles. The van der Waals surface area contributed by atoms with Crippen molar-refractivity contribution in [3.05, 3.63) is 62.2 Å². The molecular weight excluding hydrogens is 546 g/mol. The number of nitrogens with one attached hydrogen (secondary N) is 2. The van der Waals surface area contributed by atoms with Crippen LogP contribution in [0.5, 0.6) is 0 Å². The molecule has 1 unspecified atom stereocenters. The molecule has 1 fully saturated rings. The number of carbonyl (C=O) groups excluding carboxylic acids is 1. The van der Waals surface area contributed by atoms with Crippen LogP contribution in [-0.2, 0) is 19.6 Å². The normalized spacial score (nSPS) is 22.6. The number of carbonyl (C=O) groups is 1. The number of hydrogen-bond donors (Lipinski definition) is 2. The first-order valence-electron chi connectivity index (χ1n) is 11.7. The summed E-state index contributed by atoms with van der Waals surface area (Å²) in [5, 5.41) is 4.48. The van der Waals surface area contributed by atoms with E-state index in [-0.39, 0.29) is 23.1 Å². The largest absolute Gasteiger partial charge is 0.466 e. The minimum atomic E-state index is -3.49. The van der Waals surface area contributed by atoms with Crippen molar-refractivity contribution in [2.24, 2.45) is 10.9 Å². The van der Waals surface area contributed by atoms with Gasteiger partial charge in [-0.05, 0) is 51.5 Å². The van der Waals surface area contributed by atoms with Crippen LogP contribution < -0.4 is 10.0 Å². The van der Waals surface area contributed by atoms with Crippen LogP contribution in [0.4, 0.5) is 8.78 Å².